The summed E-state index contributed by atoms with van der Waals surface area (Å²) in [7, 11) is 1.64. The van der Waals surface area contributed by atoms with E-state index in [0.29, 0.717) is 5.69 Å². The number of para-hydroxylation sites is 1. The molecular weight excluding hydrogens is 368 g/mol. The summed E-state index contributed by atoms with van der Waals surface area (Å²) >= 11 is 0. The van der Waals surface area contributed by atoms with Gasteiger partial charge in [-0.3, -0.25) is 14.5 Å². The molecule has 1 saturated heterocycles. The van der Waals surface area contributed by atoms with Gasteiger partial charge in [0.25, 0.3) is 0 Å². The number of carbonyl (C=O) groups is 2. The Morgan fingerprint density at radius 1 is 0.931 bits per heavy atom. The van der Waals surface area contributed by atoms with Gasteiger partial charge in [0.2, 0.25) is 11.8 Å². The van der Waals surface area contributed by atoms with E-state index in [1.807, 2.05) is 54.6 Å². The maximum Gasteiger partial charge on any atom is 0.238 e. The lowest BCUT2D eigenvalue weighted by atomic mass is 9.71. The second-order valence-electron chi connectivity index (χ2n) is 8.26. The van der Waals surface area contributed by atoms with Crippen molar-refractivity contribution in [2.45, 2.75) is 12.5 Å². The number of anilines is 1. The Bertz CT molecular complexity index is 1030. The highest BCUT2D eigenvalue weighted by atomic mass is 16.6. The molecule has 2 aromatic carbocycles. The zero-order chi connectivity index (χ0) is 19.7. The number of hydrogen-bond donors (Lipinski definition) is 0. The van der Waals surface area contributed by atoms with Gasteiger partial charge >= 0.3 is 0 Å². The lowest BCUT2D eigenvalue weighted by molar-refractivity contribution is -0.125. The number of methoxy groups -OCH3 is 1. The molecule has 4 aliphatic rings. The van der Waals surface area contributed by atoms with Crippen LogP contribution in [0.3, 0.4) is 0 Å². The zero-order valence-corrected chi connectivity index (χ0v) is 15.9. The van der Waals surface area contributed by atoms with Crippen molar-refractivity contribution in [2.24, 2.45) is 34.7 Å². The van der Waals surface area contributed by atoms with E-state index >= 15 is 0 Å². The maximum atomic E-state index is 13.3. The fraction of sp³-hybridized carbons (Fsp3) is 0.348. The summed E-state index contributed by atoms with van der Waals surface area (Å²) in [4.78, 5) is 33.7. The second-order valence-corrected chi connectivity index (χ2v) is 8.26. The fourth-order valence-corrected chi connectivity index (χ4v) is 5.96. The normalized spacial score (nSPS) is 34.1. The predicted octanol–water partition coefficient (Wildman–Crippen LogP) is 2.87. The van der Waals surface area contributed by atoms with Gasteiger partial charge in [-0.2, -0.15) is 0 Å². The van der Waals surface area contributed by atoms with Crippen molar-refractivity contribution in [1.29, 1.82) is 0 Å². The molecule has 29 heavy (non-hydrogen) atoms. The minimum Gasteiger partial charge on any atom is -0.497 e. The first-order valence-electron chi connectivity index (χ1n) is 10.00. The van der Waals surface area contributed by atoms with E-state index in [2.05, 4.69) is 5.16 Å². The van der Waals surface area contributed by atoms with Gasteiger partial charge in [-0.1, -0.05) is 23.4 Å². The molecule has 0 spiro atoms. The van der Waals surface area contributed by atoms with Crippen LogP contribution >= 0.6 is 0 Å². The topological polar surface area (TPSA) is 68.2 Å². The molecule has 6 heteroatoms. The highest BCUT2D eigenvalue weighted by Crippen LogP contribution is 2.62. The number of oxime groups is 1. The van der Waals surface area contributed by atoms with Gasteiger partial charge in [0.15, 0.2) is 0 Å². The van der Waals surface area contributed by atoms with E-state index in [-0.39, 0.29) is 47.5 Å². The molecule has 6 atom stereocenters. The van der Waals surface area contributed by atoms with Crippen LogP contribution in [0.25, 0.3) is 0 Å². The average molecular weight is 388 g/mol. The molecule has 6 nitrogen and oxygen atoms in total. The Hall–Kier alpha value is -3.15. The number of ether oxygens (including phenoxy) is 1. The van der Waals surface area contributed by atoms with Gasteiger partial charge in [0.1, 0.15) is 11.9 Å². The standard InChI is InChI=1S/C23H20N2O4/c1-28-14-9-7-12(8-10-14)20-19-15-11-16(21(19)29-24-20)18-17(15)22(26)25(23(18)27)13-5-3-2-4-6-13/h2-10,15-19,21H,11H2,1H3/t15-,16+,17+,18+,19-,21-/m1/s1. The van der Waals surface area contributed by atoms with Crippen LogP contribution in [-0.2, 0) is 14.4 Å². The number of amides is 2. The van der Waals surface area contributed by atoms with Gasteiger partial charge in [0.05, 0.1) is 30.3 Å². The summed E-state index contributed by atoms with van der Waals surface area (Å²) in [6.45, 7) is 0. The van der Waals surface area contributed by atoms with E-state index < -0.39 is 0 Å². The quantitative estimate of drug-likeness (QED) is 0.759. The van der Waals surface area contributed by atoms with E-state index in [0.717, 1.165) is 23.4 Å². The summed E-state index contributed by atoms with van der Waals surface area (Å²) < 4.78 is 5.25. The minimum absolute atomic E-state index is 0.0414. The van der Waals surface area contributed by atoms with Crippen LogP contribution in [0.15, 0.2) is 59.8 Å². The van der Waals surface area contributed by atoms with E-state index in [4.69, 9.17) is 9.57 Å². The molecule has 2 heterocycles. The summed E-state index contributed by atoms with van der Waals surface area (Å²) in [6, 6.07) is 17.0. The van der Waals surface area contributed by atoms with Crippen molar-refractivity contribution in [3.8, 4) is 5.75 Å². The minimum atomic E-state index is -0.292. The Kier molecular flexibility index (Phi) is 3.43. The number of nitrogens with zero attached hydrogens (tertiary/aromatic N) is 2. The molecule has 2 amide bonds. The molecular formula is C23H20N2O4. The third-order valence-electron chi connectivity index (χ3n) is 7.09. The third-order valence-corrected chi connectivity index (χ3v) is 7.09. The molecule has 0 N–H and O–H groups in total. The average Bonchev–Trinajstić information content (AvgIpc) is 3.49. The smallest absolute Gasteiger partial charge is 0.238 e. The third kappa shape index (κ3) is 2.14. The van der Waals surface area contributed by atoms with Crippen molar-refractivity contribution < 1.29 is 19.2 Å². The second kappa shape index (κ2) is 5.92. The lowest BCUT2D eigenvalue weighted by Crippen LogP contribution is -2.41. The highest BCUT2D eigenvalue weighted by molar-refractivity contribution is 6.23. The van der Waals surface area contributed by atoms with Crippen molar-refractivity contribution in [2.75, 3.05) is 12.0 Å². The molecule has 3 fully saturated rings. The van der Waals surface area contributed by atoms with E-state index in [1.165, 1.54) is 4.90 Å². The molecule has 6 rings (SSSR count). The van der Waals surface area contributed by atoms with Crippen LogP contribution in [0.1, 0.15) is 12.0 Å². The Balaban J connectivity index is 1.34. The highest BCUT2D eigenvalue weighted by Gasteiger charge is 2.70. The van der Waals surface area contributed by atoms with Crippen molar-refractivity contribution in [1.82, 2.24) is 0 Å². The number of imide groups is 1. The summed E-state index contributed by atoms with van der Waals surface area (Å²) in [5.41, 5.74) is 2.53. The molecule has 2 bridgehead atoms. The Labute approximate surface area is 168 Å². The van der Waals surface area contributed by atoms with Crippen LogP contribution in [0.5, 0.6) is 5.75 Å². The molecule has 0 unspecified atom stereocenters. The van der Waals surface area contributed by atoms with E-state index in [9.17, 15) is 9.59 Å². The van der Waals surface area contributed by atoms with Gasteiger partial charge in [-0.15, -0.1) is 0 Å². The molecule has 146 valence electrons. The summed E-state index contributed by atoms with van der Waals surface area (Å²) in [6.07, 6.45) is 0.728. The molecule has 2 aliphatic carbocycles. The van der Waals surface area contributed by atoms with Gasteiger partial charge < -0.3 is 9.57 Å². The van der Waals surface area contributed by atoms with Gasteiger partial charge in [-0.25, -0.2) is 0 Å². The van der Waals surface area contributed by atoms with Gasteiger partial charge in [0, 0.05) is 17.4 Å². The number of carbonyl (C=O) groups excluding carboxylic acids is 2. The number of rotatable bonds is 3. The van der Waals surface area contributed by atoms with Gasteiger partial charge in [-0.05, 0) is 48.7 Å². The molecule has 0 aromatic heterocycles. The van der Waals surface area contributed by atoms with Crippen LogP contribution in [0.2, 0.25) is 0 Å². The first-order chi connectivity index (χ1) is 14.2. The molecule has 0 radical (unpaired) electrons. The SMILES string of the molecule is COc1ccc(C2=NO[C@@H]3[C@H]4C[C@@H]([C@H]23)[C@@H]2C(=O)N(c3ccccc3)C(=O)[C@@H]42)cc1. The van der Waals surface area contributed by atoms with Crippen LogP contribution in [0, 0.1) is 29.6 Å². The predicted molar refractivity (Wildman–Crippen MR) is 105 cm³/mol. The number of benzene rings is 2. The van der Waals surface area contributed by atoms with Crippen LogP contribution in [-0.4, -0.2) is 30.7 Å². The Morgan fingerprint density at radius 3 is 2.31 bits per heavy atom. The zero-order valence-electron chi connectivity index (χ0n) is 15.9. The largest absolute Gasteiger partial charge is 0.497 e. The Morgan fingerprint density at radius 2 is 1.62 bits per heavy atom. The molecule has 2 saturated carbocycles. The lowest BCUT2D eigenvalue weighted by Gasteiger charge is -2.29. The molecule has 2 aromatic rings. The number of fused-ring (bicyclic) bond motifs is 8. The molecule has 2 aliphatic heterocycles. The van der Waals surface area contributed by atoms with Crippen LogP contribution < -0.4 is 9.64 Å². The monoisotopic (exact) mass is 388 g/mol. The number of hydrogen-bond acceptors (Lipinski definition) is 5. The van der Waals surface area contributed by atoms with Crippen LogP contribution in [0.4, 0.5) is 5.69 Å². The van der Waals surface area contributed by atoms with Crippen molar-refractivity contribution >= 4 is 23.2 Å². The first-order valence-corrected chi connectivity index (χ1v) is 10.00. The summed E-state index contributed by atoms with van der Waals surface area (Å²) in [5, 5.41) is 4.38. The fourth-order valence-electron chi connectivity index (χ4n) is 5.96. The maximum absolute atomic E-state index is 13.3. The first kappa shape index (κ1) is 16.8. The summed E-state index contributed by atoms with van der Waals surface area (Å²) in [5.74, 6) is 0.244. The van der Waals surface area contributed by atoms with Crippen molar-refractivity contribution in [3.63, 3.8) is 0 Å². The van der Waals surface area contributed by atoms with Crippen molar-refractivity contribution in [3.05, 3.63) is 60.2 Å². The van der Waals surface area contributed by atoms with E-state index in [1.54, 1.807) is 7.11 Å².